The normalized spacial score (nSPS) is 22.6. The lowest BCUT2D eigenvalue weighted by molar-refractivity contribution is -0.385. The van der Waals surface area contributed by atoms with Crippen molar-refractivity contribution < 1.29 is 14.8 Å². The molecule has 20 heavy (non-hydrogen) atoms. The van der Waals surface area contributed by atoms with Crippen LogP contribution in [0.3, 0.4) is 0 Å². The quantitative estimate of drug-likeness (QED) is 0.678. The van der Waals surface area contributed by atoms with E-state index in [4.69, 9.17) is 0 Å². The van der Waals surface area contributed by atoms with Crippen molar-refractivity contribution >= 4 is 17.3 Å². The van der Waals surface area contributed by atoms with Gasteiger partial charge in [0.25, 0.3) is 5.69 Å². The van der Waals surface area contributed by atoms with Gasteiger partial charge in [-0.1, -0.05) is 6.92 Å². The molecule has 0 bridgehead atoms. The fourth-order valence-corrected chi connectivity index (χ4v) is 2.88. The van der Waals surface area contributed by atoms with E-state index in [1.54, 1.807) is 19.1 Å². The number of nitrogens with zero attached hydrogens (tertiary/aromatic N) is 2. The number of nitro groups is 1. The van der Waals surface area contributed by atoms with Crippen LogP contribution in [-0.4, -0.2) is 28.6 Å². The largest absolute Gasteiger partial charge is 0.480 e. The minimum absolute atomic E-state index is 0.0608. The Balaban J connectivity index is 2.36. The average Bonchev–Trinajstić information content (AvgIpc) is 2.37. The number of aliphatic carboxylic acids is 1. The van der Waals surface area contributed by atoms with Crippen molar-refractivity contribution in [2.75, 3.05) is 11.4 Å². The summed E-state index contributed by atoms with van der Waals surface area (Å²) in [7, 11) is 0. The molecule has 1 aromatic rings. The van der Waals surface area contributed by atoms with Crippen LogP contribution in [0.15, 0.2) is 18.2 Å². The van der Waals surface area contributed by atoms with E-state index >= 15 is 0 Å². The summed E-state index contributed by atoms with van der Waals surface area (Å²) >= 11 is 0. The summed E-state index contributed by atoms with van der Waals surface area (Å²) in [6.07, 6.45) is 1.82. The van der Waals surface area contributed by atoms with Crippen molar-refractivity contribution in [1.29, 1.82) is 0 Å². The summed E-state index contributed by atoms with van der Waals surface area (Å²) in [5, 5.41) is 20.2. The Labute approximate surface area is 117 Å². The highest BCUT2D eigenvalue weighted by molar-refractivity contribution is 5.79. The Bertz CT molecular complexity index is 544. The van der Waals surface area contributed by atoms with Gasteiger partial charge >= 0.3 is 5.97 Å². The van der Waals surface area contributed by atoms with Gasteiger partial charge in [0.15, 0.2) is 0 Å². The molecule has 1 aliphatic heterocycles. The van der Waals surface area contributed by atoms with Gasteiger partial charge in [-0.2, -0.15) is 0 Å². The molecule has 0 aromatic heterocycles. The zero-order chi connectivity index (χ0) is 14.9. The molecule has 1 aromatic carbocycles. The van der Waals surface area contributed by atoms with E-state index in [2.05, 4.69) is 0 Å². The molecule has 6 heteroatoms. The molecule has 1 saturated heterocycles. The van der Waals surface area contributed by atoms with Crippen LogP contribution in [-0.2, 0) is 4.79 Å². The van der Waals surface area contributed by atoms with Gasteiger partial charge in [0.05, 0.1) is 4.92 Å². The maximum absolute atomic E-state index is 11.5. The maximum Gasteiger partial charge on any atom is 0.326 e. The summed E-state index contributed by atoms with van der Waals surface area (Å²) in [6, 6.07) is 4.22. The van der Waals surface area contributed by atoms with Gasteiger partial charge in [-0.25, -0.2) is 4.79 Å². The van der Waals surface area contributed by atoms with Gasteiger partial charge in [0.2, 0.25) is 0 Å². The predicted molar refractivity (Wildman–Crippen MR) is 75.0 cm³/mol. The minimum Gasteiger partial charge on any atom is -0.480 e. The fraction of sp³-hybridized carbons (Fsp3) is 0.500. The highest BCUT2D eigenvalue weighted by atomic mass is 16.6. The molecular weight excluding hydrogens is 260 g/mol. The highest BCUT2D eigenvalue weighted by Gasteiger charge is 2.34. The second kappa shape index (κ2) is 5.48. The molecule has 1 heterocycles. The number of hydrogen-bond acceptors (Lipinski definition) is 4. The first-order valence-electron chi connectivity index (χ1n) is 6.66. The number of nitro benzene ring substituents is 1. The number of carboxylic acid groups (broad SMARTS) is 1. The Kier molecular flexibility index (Phi) is 3.92. The molecule has 1 fully saturated rings. The third-order valence-electron chi connectivity index (χ3n) is 3.89. The second-order valence-corrected chi connectivity index (χ2v) is 5.32. The zero-order valence-corrected chi connectivity index (χ0v) is 11.6. The van der Waals surface area contributed by atoms with Gasteiger partial charge in [0.1, 0.15) is 6.04 Å². The van der Waals surface area contributed by atoms with Crippen LogP contribution in [0, 0.1) is 23.0 Å². The van der Waals surface area contributed by atoms with E-state index in [0.717, 1.165) is 18.5 Å². The molecule has 0 aliphatic carbocycles. The van der Waals surface area contributed by atoms with Crippen molar-refractivity contribution in [2.24, 2.45) is 5.92 Å². The zero-order valence-electron chi connectivity index (χ0n) is 11.6. The summed E-state index contributed by atoms with van der Waals surface area (Å²) in [5.74, 6) is -0.773. The maximum atomic E-state index is 11.5. The first-order valence-corrected chi connectivity index (χ1v) is 6.66. The number of aryl methyl sites for hydroxylation is 1. The van der Waals surface area contributed by atoms with Crippen molar-refractivity contribution in [3.8, 4) is 0 Å². The Morgan fingerprint density at radius 1 is 1.50 bits per heavy atom. The number of carbonyl (C=O) groups is 1. The van der Waals surface area contributed by atoms with Crippen LogP contribution in [0.4, 0.5) is 11.4 Å². The van der Waals surface area contributed by atoms with E-state index < -0.39 is 16.9 Å². The molecule has 2 unspecified atom stereocenters. The van der Waals surface area contributed by atoms with Crippen LogP contribution in [0.5, 0.6) is 0 Å². The van der Waals surface area contributed by atoms with Crippen LogP contribution in [0.2, 0.25) is 0 Å². The third-order valence-corrected chi connectivity index (χ3v) is 3.89. The molecule has 0 spiro atoms. The standard InChI is InChI=1S/C14H18N2O4/c1-9-4-3-7-15(13(9)14(17)18)11-5-6-12(16(19)20)10(2)8-11/h5-6,8-9,13H,3-4,7H2,1-2H3,(H,17,18). The monoisotopic (exact) mass is 278 g/mol. The van der Waals surface area contributed by atoms with Crippen LogP contribution < -0.4 is 4.90 Å². The van der Waals surface area contributed by atoms with Gasteiger partial charge in [-0.05, 0) is 37.8 Å². The Hall–Kier alpha value is -2.11. The topological polar surface area (TPSA) is 83.7 Å². The average molecular weight is 278 g/mol. The Morgan fingerprint density at radius 3 is 2.75 bits per heavy atom. The molecule has 6 nitrogen and oxygen atoms in total. The van der Waals surface area contributed by atoms with Crippen LogP contribution in [0.25, 0.3) is 0 Å². The van der Waals surface area contributed by atoms with Crippen molar-refractivity contribution in [3.05, 3.63) is 33.9 Å². The number of rotatable bonds is 3. The van der Waals surface area contributed by atoms with E-state index in [0.29, 0.717) is 12.1 Å². The first-order chi connectivity index (χ1) is 9.41. The van der Waals surface area contributed by atoms with E-state index in [1.807, 2.05) is 11.8 Å². The SMILES string of the molecule is Cc1cc(N2CCCC(C)C2C(=O)O)ccc1[N+](=O)[O-]. The molecule has 108 valence electrons. The minimum atomic E-state index is -0.840. The molecular formula is C14H18N2O4. The summed E-state index contributed by atoms with van der Waals surface area (Å²) in [5.41, 5.74) is 1.35. The lowest BCUT2D eigenvalue weighted by Crippen LogP contribution is -2.49. The molecule has 2 atom stereocenters. The van der Waals surface area contributed by atoms with Gasteiger partial charge in [-0.3, -0.25) is 10.1 Å². The fourth-order valence-electron chi connectivity index (χ4n) is 2.88. The number of benzene rings is 1. The summed E-state index contributed by atoms with van der Waals surface area (Å²) < 4.78 is 0. The third kappa shape index (κ3) is 2.59. The van der Waals surface area contributed by atoms with Crippen molar-refractivity contribution in [1.82, 2.24) is 0 Å². The number of hydrogen-bond donors (Lipinski definition) is 1. The van der Waals surface area contributed by atoms with Gasteiger partial charge in [-0.15, -0.1) is 0 Å². The number of carboxylic acids is 1. The van der Waals surface area contributed by atoms with Gasteiger partial charge in [0, 0.05) is 23.9 Å². The first kappa shape index (κ1) is 14.3. The van der Waals surface area contributed by atoms with Gasteiger partial charge < -0.3 is 10.0 Å². The number of piperidine rings is 1. The summed E-state index contributed by atoms with van der Waals surface area (Å²) in [4.78, 5) is 23.7. The molecule has 0 amide bonds. The molecule has 1 N–H and O–H groups in total. The van der Waals surface area contributed by atoms with Crippen molar-refractivity contribution in [3.63, 3.8) is 0 Å². The Morgan fingerprint density at radius 2 is 2.20 bits per heavy atom. The number of anilines is 1. The van der Waals surface area contributed by atoms with Crippen LogP contribution in [0.1, 0.15) is 25.3 Å². The molecule has 0 radical (unpaired) electrons. The summed E-state index contributed by atoms with van der Waals surface area (Å²) in [6.45, 7) is 4.27. The van der Waals surface area contributed by atoms with Crippen LogP contribution >= 0.6 is 0 Å². The predicted octanol–water partition coefficient (Wildman–Crippen LogP) is 2.59. The molecule has 1 aliphatic rings. The van der Waals surface area contributed by atoms with Crippen molar-refractivity contribution in [2.45, 2.75) is 32.7 Å². The van der Waals surface area contributed by atoms with E-state index in [9.17, 15) is 20.0 Å². The smallest absolute Gasteiger partial charge is 0.326 e. The lowest BCUT2D eigenvalue weighted by atomic mass is 9.90. The molecule has 0 saturated carbocycles. The lowest BCUT2D eigenvalue weighted by Gasteiger charge is -2.39. The van der Waals surface area contributed by atoms with E-state index in [1.165, 1.54) is 6.07 Å². The second-order valence-electron chi connectivity index (χ2n) is 5.32. The highest BCUT2D eigenvalue weighted by Crippen LogP contribution is 2.31. The molecule has 2 rings (SSSR count). The van der Waals surface area contributed by atoms with E-state index in [-0.39, 0.29) is 11.6 Å².